The van der Waals surface area contributed by atoms with Gasteiger partial charge in [-0.25, -0.2) is 0 Å². The van der Waals surface area contributed by atoms with Crippen LogP contribution in [0.5, 0.6) is 0 Å². The first kappa shape index (κ1) is 29.4. The number of hydrogen-bond donors (Lipinski definition) is 5. The molecule has 0 aliphatic heterocycles. The van der Waals surface area contributed by atoms with Crippen LogP contribution in [0.4, 0.5) is 11.4 Å². The van der Waals surface area contributed by atoms with Crippen molar-refractivity contribution < 1.29 is 34.0 Å². The number of hydrogen-bond acceptors (Lipinski definition) is 8. The van der Waals surface area contributed by atoms with E-state index in [1.165, 1.54) is 38.1 Å². The number of carboxylic acid groups (broad SMARTS) is 1. The Bertz CT molecular complexity index is 1170. The number of anilines is 1. The SMILES string of the molecule is C[C@H](NC(=O)CCC(=O)O)C(=O)N[C@@H](C)C(=O)NC(=O)[C@H](Cc1ccccc1)Nc1ccc([N+](=O)[O-])cc1. The first-order chi connectivity index (χ1) is 18.0. The monoisotopic (exact) mass is 527 g/mol. The van der Waals surface area contributed by atoms with E-state index in [1.807, 2.05) is 6.07 Å². The van der Waals surface area contributed by atoms with Crippen molar-refractivity contribution in [1.29, 1.82) is 0 Å². The highest BCUT2D eigenvalue weighted by Gasteiger charge is 2.26. The van der Waals surface area contributed by atoms with Gasteiger partial charge in [0.25, 0.3) is 5.69 Å². The van der Waals surface area contributed by atoms with Gasteiger partial charge in [0.2, 0.25) is 23.6 Å². The van der Waals surface area contributed by atoms with Gasteiger partial charge in [-0.05, 0) is 31.5 Å². The minimum atomic E-state index is -1.15. The lowest BCUT2D eigenvalue weighted by Crippen LogP contribution is -2.54. The van der Waals surface area contributed by atoms with Crippen LogP contribution in [0.3, 0.4) is 0 Å². The molecule has 0 unspecified atom stereocenters. The van der Waals surface area contributed by atoms with Gasteiger partial charge in [-0.2, -0.15) is 0 Å². The zero-order valence-corrected chi connectivity index (χ0v) is 20.8. The van der Waals surface area contributed by atoms with Gasteiger partial charge in [-0.15, -0.1) is 0 Å². The summed E-state index contributed by atoms with van der Waals surface area (Å²) in [6.45, 7) is 2.73. The molecule has 2 aromatic rings. The van der Waals surface area contributed by atoms with E-state index >= 15 is 0 Å². The molecule has 0 saturated carbocycles. The molecule has 38 heavy (non-hydrogen) atoms. The van der Waals surface area contributed by atoms with Gasteiger partial charge in [0.1, 0.15) is 18.1 Å². The molecular formula is C25H29N5O8. The molecule has 0 saturated heterocycles. The van der Waals surface area contributed by atoms with Gasteiger partial charge in [0, 0.05) is 30.7 Å². The lowest BCUT2D eigenvalue weighted by molar-refractivity contribution is -0.384. The van der Waals surface area contributed by atoms with E-state index in [2.05, 4.69) is 21.3 Å². The summed E-state index contributed by atoms with van der Waals surface area (Å²) >= 11 is 0. The van der Waals surface area contributed by atoms with Crippen molar-refractivity contribution in [3.63, 3.8) is 0 Å². The maximum absolute atomic E-state index is 13.0. The molecule has 2 rings (SSSR count). The summed E-state index contributed by atoms with van der Waals surface area (Å²) < 4.78 is 0. The standard InChI is InChI=1S/C25H29N5O8/c1-15(26-21(31)12-13-22(32)33)23(34)27-16(2)24(35)29-25(36)20(14-17-6-4-3-5-7-17)28-18-8-10-19(11-9-18)30(37)38/h3-11,15-16,20,28H,12-14H2,1-2H3,(H,26,31)(H,27,34)(H,32,33)(H,29,35,36)/t15-,16-,20-/m0/s1. The van der Waals surface area contributed by atoms with Crippen LogP contribution in [-0.4, -0.2) is 57.8 Å². The maximum Gasteiger partial charge on any atom is 0.303 e. The van der Waals surface area contributed by atoms with Gasteiger partial charge < -0.3 is 21.1 Å². The predicted molar refractivity (Wildman–Crippen MR) is 136 cm³/mol. The van der Waals surface area contributed by atoms with E-state index in [-0.39, 0.29) is 24.9 Å². The Kier molecular flexibility index (Phi) is 10.9. The zero-order valence-electron chi connectivity index (χ0n) is 20.8. The molecule has 2 aromatic carbocycles. The van der Waals surface area contributed by atoms with E-state index in [0.717, 1.165) is 5.56 Å². The van der Waals surface area contributed by atoms with E-state index in [4.69, 9.17) is 5.11 Å². The molecule has 0 fully saturated rings. The number of imide groups is 1. The number of benzene rings is 2. The molecule has 0 radical (unpaired) electrons. The number of aliphatic carboxylic acids is 1. The van der Waals surface area contributed by atoms with Crippen LogP contribution in [0, 0.1) is 10.1 Å². The number of nitrogens with zero attached hydrogens (tertiary/aromatic N) is 1. The van der Waals surface area contributed by atoms with Crippen molar-refractivity contribution in [3.05, 3.63) is 70.3 Å². The number of nitro benzene ring substituents is 1. The second-order valence-corrected chi connectivity index (χ2v) is 8.46. The van der Waals surface area contributed by atoms with Gasteiger partial charge in [-0.1, -0.05) is 30.3 Å². The highest BCUT2D eigenvalue weighted by molar-refractivity contribution is 6.02. The third-order valence-corrected chi connectivity index (χ3v) is 5.35. The predicted octanol–water partition coefficient (Wildman–Crippen LogP) is 1.14. The molecule has 0 aliphatic rings. The first-order valence-electron chi connectivity index (χ1n) is 11.7. The number of amides is 4. The maximum atomic E-state index is 13.0. The zero-order chi connectivity index (χ0) is 28.2. The Morgan fingerprint density at radius 3 is 2.03 bits per heavy atom. The van der Waals surface area contributed by atoms with E-state index < -0.39 is 52.6 Å². The highest BCUT2D eigenvalue weighted by Crippen LogP contribution is 2.17. The Morgan fingerprint density at radius 1 is 0.842 bits per heavy atom. The van der Waals surface area contributed by atoms with Crippen LogP contribution < -0.4 is 21.3 Å². The topological polar surface area (TPSA) is 197 Å². The Morgan fingerprint density at radius 2 is 1.45 bits per heavy atom. The van der Waals surface area contributed by atoms with Gasteiger partial charge >= 0.3 is 5.97 Å². The highest BCUT2D eigenvalue weighted by atomic mass is 16.6. The van der Waals surface area contributed by atoms with Gasteiger partial charge in [0.05, 0.1) is 11.3 Å². The van der Waals surface area contributed by atoms with E-state index in [9.17, 15) is 34.1 Å². The van der Waals surface area contributed by atoms with Crippen molar-refractivity contribution in [3.8, 4) is 0 Å². The Labute approximate surface area is 218 Å². The van der Waals surface area contributed by atoms with Crippen molar-refractivity contribution >= 4 is 41.0 Å². The minimum Gasteiger partial charge on any atom is -0.481 e. The molecule has 0 bridgehead atoms. The first-order valence-corrected chi connectivity index (χ1v) is 11.7. The van der Waals surface area contributed by atoms with Crippen LogP contribution in [0.2, 0.25) is 0 Å². The summed E-state index contributed by atoms with van der Waals surface area (Å²) in [5.74, 6) is -3.97. The second-order valence-electron chi connectivity index (χ2n) is 8.46. The van der Waals surface area contributed by atoms with Crippen molar-refractivity contribution in [2.24, 2.45) is 0 Å². The summed E-state index contributed by atoms with van der Waals surface area (Å²) in [7, 11) is 0. The van der Waals surface area contributed by atoms with Gasteiger partial charge in [0.15, 0.2) is 0 Å². The molecule has 13 heteroatoms. The van der Waals surface area contributed by atoms with E-state index in [1.54, 1.807) is 24.3 Å². The molecule has 0 aliphatic carbocycles. The fraction of sp³-hybridized carbons (Fsp3) is 0.320. The summed E-state index contributed by atoms with van der Waals surface area (Å²) in [5.41, 5.74) is 1.10. The average Bonchev–Trinajstić information content (AvgIpc) is 2.87. The van der Waals surface area contributed by atoms with Crippen molar-refractivity contribution in [2.45, 2.75) is 51.2 Å². The van der Waals surface area contributed by atoms with Crippen LogP contribution in [0.15, 0.2) is 54.6 Å². The van der Waals surface area contributed by atoms with Crippen molar-refractivity contribution in [1.82, 2.24) is 16.0 Å². The molecule has 0 spiro atoms. The number of carboxylic acids is 1. The van der Waals surface area contributed by atoms with Gasteiger partial charge in [-0.3, -0.25) is 39.4 Å². The second kappa shape index (κ2) is 14.1. The van der Waals surface area contributed by atoms with Crippen LogP contribution in [0.1, 0.15) is 32.3 Å². The lowest BCUT2D eigenvalue weighted by atomic mass is 10.0. The molecule has 3 atom stereocenters. The van der Waals surface area contributed by atoms with Crippen molar-refractivity contribution in [2.75, 3.05) is 5.32 Å². The fourth-order valence-corrected chi connectivity index (χ4v) is 3.26. The number of carbonyl (C=O) groups is 5. The van der Waals surface area contributed by atoms with Crippen LogP contribution >= 0.6 is 0 Å². The fourth-order valence-electron chi connectivity index (χ4n) is 3.26. The summed E-state index contributed by atoms with van der Waals surface area (Å²) in [6, 6.07) is 11.3. The average molecular weight is 528 g/mol. The number of nitrogens with one attached hydrogen (secondary N) is 4. The lowest BCUT2D eigenvalue weighted by Gasteiger charge is -2.21. The molecular weight excluding hydrogens is 498 g/mol. The number of rotatable bonds is 13. The molecule has 202 valence electrons. The Hall–Kier alpha value is -4.81. The number of non-ortho nitro benzene ring substituents is 1. The summed E-state index contributed by atoms with van der Waals surface area (Å²) in [4.78, 5) is 70.6. The smallest absolute Gasteiger partial charge is 0.303 e. The molecule has 5 N–H and O–H groups in total. The quantitative estimate of drug-likeness (QED) is 0.187. The van der Waals surface area contributed by atoms with E-state index in [0.29, 0.717) is 5.69 Å². The molecule has 13 nitrogen and oxygen atoms in total. The number of carbonyl (C=O) groups excluding carboxylic acids is 4. The molecule has 0 heterocycles. The summed E-state index contributed by atoms with van der Waals surface area (Å²) in [5, 5.41) is 29.5. The number of nitro groups is 1. The minimum absolute atomic E-state index is 0.119. The third-order valence-electron chi connectivity index (χ3n) is 5.35. The third kappa shape index (κ3) is 9.68. The normalized spacial score (nSPS) is 12.8. The van der Waals surface area contributed by atoms with Crippen LogP contribution in [0.25, 0.3) is 0 Å². The van der Waals surface area contributed by atoms with Crippen LogP contribution in [-0.2, 0) is 30.4 Å². The Balaban J connectivity index is 2.01. The summed E-state index contributed by atoms with van der Waals surface area (Å²) in [6.07, 6.45) is -0.502. The molecule has 4 amide bonds. The molecule has 0 aromatic heterocycles. The largest absolute Gasteiger partial charge is 0.481 e.